The summed E-state index contributed by atoms with van der Waals surface area (Å²) in [6.45, 7) is 0. The molecule has 1 nitrogen and oxygen atoms in total. The Morgan fingerprint density at radius 2 is 1.89 bits per heavy atom. The zero-order valence-electron chi connectivity index (χ0n) is 9.61. The number of aromatic nitrogens is 1. The molecule has 0 saturated carbocycles. The van der Waals surface area contributed by atoms with Gasteiger partial charge in [-0.15, -0.1) is 0 Å². The van der Waals surface area contributed by atoms with Gasteiger partial charge >= 0.3 is 0 Å². The summed E-state index contributed by atoms with van der Waals surface area (Å²) in [7, 11) is 0. The molecule has 4 heteroatoms. The molecule has 1 aromatic carbocycles. The predicted molar refractivity (Wildman–Crippen MR) is 83.6 cm³/mol. The summed E-state index contributed by atoms with van der Waals surface area (Å²) >= 11 is 13.2. The molecule has 0 N–H and O–H groups in total. The minimum Gasteiger partial charge on any atom is -0.263 e. The number of rotatable bonds is 4. The van der Waals surface area contributed by atoms with Crippen LogP contribution in [-0.2, 0) is 6.42 Å². The highest BCUT2D eigenvalue weighted by molar-refractivity contribution is 9.10. The lowest BCUT2D eigenvalue weighted by Crippen LogP contribution is -2.05. The average Bonchev–Trinajstić information content (AvgIpc) is 2.39. The molecule has 0 saturated heterocycles. The van der Waals surface area contributed by atoms with Crippen LogP contribution in [0, 0.1) is 0 Å². The SMILES string of the molecule is Clc1cnccc1CC(CBr)c1ccc(Br)cc1. The van der Waals surface area contributed by atoms with E-state index in [1.54, 1.807) is 12.4 Å². The van der Waals surface area contributed by atoms with E-state index in [0.717, 1.165) is 26.8 Å². The first-order valence-corrected chi connectivity index (χ1v) is 7.89. The molecule has 0 aliphatic rings. The number of pyridine rings is 1. The highest BCUT2D eigenvalue weighted by atomic mass is 79.9. The second kappa shape index (κ2) is 6.69. The highest BCUT2D eigenvalue weighted by Crippen LogP contribution is 2.27. The smallest absolute Gasteiger partial charge is 0.0621 e. The molecule has 0 spiro atoms. The van der Waals surface area contributed by atoms with Crippen molar-refractivity contribution >= 4 is 43.5 Å². The molecule has 2 aromatic rings. The normalized spacial score (nSPS) is 12.4. The van der Waals surface area contributed by atoms with E-state index < -0.39 is 0 Å². The maximum absolute atomic E-state index is 6.15. The Balaban J connectivity index is 2.20. The van der Waals surface area contributed by atoms with Crippen LogP contribution in [0.2, 0.25) is 5.02 Å². The average molecular weight is 390 g/mol. The van der Waals surface area contributed by atoms with Crippen molar-refractivity contribution in [2.45, 2.75) is 12.3 Å². The van der Waals surface area contributed by atoms with Crippen molar-refractivity contribution in [3.05, 3.63) is 63.3 Å². The molecule has 0 radical (unpaired) electrons. The lowest BCUT2D eigenvalue weighted by atomic mass is 9.94. The summed E-state index contributed by atoms with van der Waals surface area (Å²) in [5.74, 6) is 0.415. The molecular weight excluding hydrogens is 377 g/mol. The number of hydrogen-bond donors (Lipinski definition) is 0. The fourth-order valence-electron chi connectivity index (χ4n) is 1.83. The topological polar surface area (TPSA) is 12.9 Å². The maximum atomic E-state index is 6.15. The molecule has 0 bridgehead atoms. The quantitative estimate of drug-likeness (QED) is 0.654. The second-order valence-corrected chi connectivity index (χ2v) is 6.04. The summed E-state index contributed by atoms with van der Waals surface area (Å²) in [5.41, 5.74) is 2.45. The first kappa shape index (κ1) is 14.0. The van der Waals surface area contributed by atoms with E-state index in [9.17, 15) is 0 Å². The van der Waals surface area contributed by atoms with Gasteiger partial charge in [-0.25, -0.2) is 0 Å². The van der Waals surface area contributed by atoms with Gasteiger partial charge < -0.3 is 0 Å². The lowest BCUT2D eigenvalue weighted by Gasteiger charge is -2.15. The number of nitrogens with zero attached hydrogens (tertiary/aromatic N) is 1. The highest BCUT2D eigenvalue weighted by Gasteiger charge is 2.12. The van der Waals surface area contributed by atoms with E-state index >= 15 is 0 Å². The van der Waals surface area contributed by atoms with Crippen LogP contribution in [0.15, 0.2) is 47.2 Å². The van der Waals surface area contributed by atoms with Crippen molar-refractivity contribution in [1.29, 1.82) is 0 Å². The van der Waals surface area contributed by atoms with Gasteiger partial charge in [0.2, 0.25) is 0 Å². The van der Waals surface area contributed by atoms with Gasteiger partial charge in [0.1, 0.15) is 0 Å². The molecule has 0 amide bonds. The van der Waals surface area contributed by atoms with Gasteiger partial charge in [-0.1, -0.05) is 55.6 Å². The van der Waals surface area contributed by atoms with E-state index in [1.165, 1.54) is 5.56 Å². The first-order valence-electron chi connectivity index (χ1n) is 5.60. The molecule has 0 aliphatic heterocycles. The predicted octanol–water partition coefficient (Wildman–Crippen LogP) is 5.22. The molecule has 0 fully saturated rings. The Labute approximate surface area is 129 Å². The van der Waals surface area contributed by atoms with Crippen molar-refractivity contribution in [3.63, 3.8) is 0 Å². The third-order valence-electron chi connectivity index (χ3n) is 2.85. The number of hydrogen-bond acceptors (Lipinski definition) is 1. The molecule has 0 aliphatic carbocycles. The number of alkyl halides is 1. The van der Waals surface area contributed by atoms with E-state index in [1.807, 2.05) is 6.07 Å². The number of benzene rings is 1. The largest absolute Gasteiger partial charge is 0.263 e. The van der Waals surface area contributed by atoms with E-state index in [4.69, 9.17) is 11.6 Å². The van der Waals surface area contributed by atoms with Crippen LogP contribution >= 0.6 is 43.5 Å². The third kappa shape index (κ3) is 3.56. The van der Waals surface area contributed by atoms with Crippen molar-refractivity contribution in [2.24, 2.45) is 0 Å². The zero-order chi connectivity index (χ0) is 13.0. The molecule has 18 heavy (non-hydrogen) atoms. The van der Waals surface area contributed by atoms with Crippen molar-refractivity contribution in [3.8, 4) is 0 Å². The Bertz CT molecular complexity index is 513. The van der Waals surface area contributed by atoms with Gasteiger partial charge in [0.05, 0.1) is 5.02 Å². The van der Waals surface area contributed by atoms with E-state index in [-0.39, 0.29) is 0 Å². The Morgan fingerprint density at radius 1 is 1.17 bits per heavy atom. The van der Waals surface area contributed by atoms with Crippen LogP contribution in [0.4, 0.5) is 0 Å². The van der Waals surface area contributed by atoms with Gasteiger partial charge in [0.15, 0.2) is 0 Å². The van der Waals surface area contributed by atoms with Crippen LogP contribution < -0.4 is 0 Å². The zero-order valence-corrected chi connectivity index (χ0v) is 13.5. The molecule has 2 rings (SSSR count). The van der Waals surface area contributed by atoms with Crippen molar-refractivity contribution in [1.82, 2.24) is 4.98 Å². The molecule has 1 unspecified atom stereocenters. The Morgan fingerprint density at radius 3 is 2.50 bits per heavy atom. The van der Waals surface area contributed by atoms with Gasteiger partial charge in [-0.2, -0.15) is 0 Å². The first-order chi connectivity index (χ1) is 8.70. The van der Waals surface area contributed by atoms with E-state index in [0.29, 0.717) is 5.92 Å². The van der Waals surface area contributed by atoms with Crippen LogP contribution in [0.3, 0.4) is 0 Å². The van der Waals surface area contributed by atoms with Crippen LogP contribution in [0.1, 0.15) is 17.0 Å². The minimum atomic E-state index is 0.415. The molecule has 1 aromatic heterocycles. The Hall–Kier alpha value is -0.380. The number of halogens is 3. The Kier molecular flexibility index (Phi) is 5.22. The van der Waals surface area contributed by atoms with Crippen LogP contribution in [-0.4, -0.2) is 10.3 Å². The summed E-state index contributed by atoms with van der Waals surface area (Å²) < 4.78 is 1.10. The van der Waals surface area contributed by atoms with Gasteiger partial charge in [0.25, 0.3) is 0 Å². The lowest BCUT2D eigenvalue weighted by molar-refractivity contribution is 0.774. The monoisotopic (exact) mass is 387 g/mol. The second-order valence-electron chi connectivity index (χ2n) is 4.07. The molecule has 1 heterocycles. The maximum Gasteiger partial charge on any atom is 0.0621 e. The standard InChI is InChI=1S/C14H12Br2ClN/c15-8-12(10-1-3-13(16)4-2-10)7-11-5-6-18-9-14(11)17/h1-6,9,12H,7-8H2. The van der Waals surface area contributed by atoms with E-state index in [2.05, 4.69) is 61.1 Å². The van der Waals surface area contributed by atoms with Gasteiger partial charge in [0, 0.05) is 22.2 Å². The van der Waals surface area contributed by atoms with Crippen molar-refractivity contribution < 1.29 is 0 Å². The van der Waals surface area contributed by atoms with Crippen molar-refractivity contribution in [2.75, 3.05) is 5.33 Å². The third-order valence-corrected chi connectivity index (χ3v) is 4.50. The fraction of sp³-hybridized carbons (Fsp3) is 0.214. The van der Waals surface area contributed by atoms with Gasteiger partial charge in [-0.3, -0.25) is 4.98 Å². The summed E-state index contributed by atoms with van der Waals surface area (Å²) in [6, 6.07) is 10.4. The summed E-state index contributed by atoms with van der Waals surface area (Å²) in [6.07, 6.45) is 4.39. The summed E-state index contributed by atoms with van der Waals surface area (Å²) in [5, 5.41) is 1.65. The summed E-state index contributed by atoms with van der Waals surface area (Å²) in [4.78, 5) is 4.01. The molecule has 1 atom stereocenters. The molecule has 94 valence electrons. The van der Waals surface area contributed by atoms with Crippen LogP contribution in [0.25, 0.3) is 0 Å². The molecular formula is C14H12Br2ClN. The van der Waals surface area contributed by atoms with Gasteiger partial charge in [-0.05, 0) is 41.7 Å². The minimum absolute atomic E-state index is 0.415. The fourth-order valence-corrected chi connectivity index (χ4v) is 2.90. The van der Waals surface area contributed by atoms with Crippen LogP contribution in [0.5, 0.6) is 0 Å².